The van der Waals surface area contributed by atoms with E-state index in [9.17, 15) is 22.8 Å². The molecule has 0 spiro atoms. The van der Waals surface area contributed by atoms with Gasteiger partial charge in [0.15, 0.2) is 0 Å². The van der Waals surface area contributed by atoms with E-state index in [0.717, 1.165) is 22.9 Å². The number of pyridine rings is 1. The summed E-state index contributed by atoms with van der Waals surface area (Å²) in [6, 6.07) is 7.77. The van der Waals surface area contributed by atoms with Crippen LogP contribution in [0.5, 0.6) is 0 Å². The SMILES string of the molecule is CCNC(=O)N1CCc2c(cccc2NCC(=O)N(CCNC)Cc2ncccc2C(F)(F)F)C1. The number of anilines is 1. The molecule has 0 radical (unpaired) electrons. The number of amides is 3. The molecule has 35 heavy (non-hydrogen) atoms. The fraction of sp³-hybridized carbons (Fsp3) is 0.458. The Hall–Kier alpha value is -3.34. The number of fused-ring (bicyclic) bond motifs is 1. The van der Waals surface area contributed by atoms with E-state index >= 15 is 0 Å². The number of carbonyl (C=O) groups excluding carboxylic acids is 2. The van der Waals surface area contributed by atoms with Crippen LogP contribution in [0.4, 0.5) is 23.7 Å². The van der Waals surface area contributed by atoms with Crippen molar-refractivity contribution >= 4 is 17.6 Å². The smallest absolute Gasteiger partial charge is 0.376 e. The summed E-state index contributed by atoms with van der Waals surface area (Å²) in [7, 11) is 1.71. The predicted octanol–water partition coefficient (Wildman–Crippen LogP) is 2.85. The molecule has 1 aromatic heterocycles. The maximum Gasteiger partial charge on any atom is 0.418 e. The van der Waals surface area contributed by atoms with Gasteiger partial charge in [-0.15, -0.1) is 0 Å². The summed E-state index contributed by atoms with van der Waals surface area (Å²) in [4.78, 5) is 32.2. The predicted molar refractivity (Wildman–Crippen MR) is 127 cm³/mol. The summed E-state index contributed by atoms with van der Waals surface area (Å²) in [5, 5.41) is 8.89. The molecule has 0 saturated carbocycles. The Morgan fingerprint density at radius 2 is 2.00 bits per heavy atom. The zero-order valence-corrected chi connectivity index (χ0v) is 19.9. The van der Waals surface area contributed by atoms with E-state index in [1.54, 1.807) is 11.9 Å². The van der Waals surface area contributed by atoms with Gasteiger partial charge in [-0.1, -0.05) is 12.1 Å². The van der Waals surface area contributed by atoms with E-state index in [1.807, 2.05) is 25.1 Å². The number of hydrogen-bond acceptors (Lipinski definition) is 5. The number of halogens is 3. The standard InChI is InChI=1S/C24H31F3N6O2/c1-3-29-23(35)33-12-9-18-17(15-33)6-4-8-20(18)31-14-22(34)32(13-11-28-2)16-21-19(24(25,26)27)7-5-10-30-21/h4-8,10,28,31H,3,9,11-16H2,1-2H3,(H,29,35). The van der Waals surface area contributed by atoms with Gasteiger partial charge in [-0.05, 0) is 49.7 Å². The van der Waals surface area contributed by atoms with Gasteiger partial charge >= 0.3 is 12.2 Å². The Morgan fingerprint density at radius 1 is 1.20 bits per heavy atom. The van der Waals surface area contributed by atoms with Crippen LogP contribution < -0.4 is 16.0 Å². The lowest BCUT2D eigenvalue weighted by Gasteiger charge is -2.30. The second kappa shape index (κ2) is 11.9. The Kier molecular flexibility index (Phi) is 8.91. The fourth-order valence-electron chi connectivity index (χ4n) is 4.04. The average molecular weight is 493 g/mol. The van der Waals surface area contributed by atoms with Crippen LogP contribution in [0.15, 0.2) is 36.5 Å². The molecule has 0 aliphatic carbocycles. The van der Waals surface area contributed by atoms with Crippen LogP contribution in [0, 0.1) is 0 Å². The van der Waals surface area contributed by atoms with Crippen molar-refractivity contribution < 1.29 is 22.8 Å². The topological polar surface area (TPSA) is 89.6 Å². The van der Waals surface area contributed by atoms with E-state index in [2.05, 4.69) is 20.9 Å². The van der Waals surface area contributed by atoms with Crippen molar-refractivity contribution in [1.29, 1.82) is 0 Å². The lowest BCUT2D eigenvalue weighted by molar-refractivity contribution is -0.140. The van der Waals surface area contributed by atoms with Crippen molar-refractivity contribution in [3.63, 3.8) is 0 Å². The van der Waals surface area contributed by atoms with Crippen molar-refractivity contribution in [3.8, 4) is 0 Å². The van der Waals surface area contributed by atoms with Crippen molar-refractivity contribution in [2.45, 2.75) is 32.6 Å². The lowest BCUT2D eigenvalue weighted by atomic mass is 9.98. The van der Waals surface area contributed by atoms with Crippen LogP contribution in [-0.4, -0.2) is 66.5 Å². The highest BCUT2D eigenvalue weighted by Crippen LogP contribution is 2.31. The van der Waals surface area contributed by atoms with Gasteiger partial charge in [0.2, 0.25) is 5.91 Å². The van der Waals surface area contributed by atoms with Crippen molar-refractivity contribution in [1.82, 2.24) is 25.4 Å². The molecule has 2 aromatic rings. The highest BCUT2D eigenvalue weighted by Gasteiger charge is 2.34. The average Bonchev–Trinajstić information content (AvgIpc) is 2.84. The monoisotopic (exact) mass is 492 g/mol. The molecule has 3 amide bonds. The number of carbonyl (C=O) groups is 2. The summed E-state index contributed by atoms with van der Waals surface area (Å²) in [6.07, 6.45) is -2.62. The number of aromatic nitrogens is 1. The second-order valence-corrected chi connectivity index (χ2v) is 8.22. The summed E-state index contributed by atoms with van der Waals surface area (Å²) >= 11 is 0. The van der Waals surface area contributed by atoms with Gasteiger partial charge in [0.25, 0.3) is 0 Å². The van der Waals surface area contributed by atoms with Crippen molar-refractivity contribution in [2.75, 3.05) is 45.1 Å². The van der Waals surface area contributed by atoms with E-state index in [4.69, 9.17) is 0 Å². The number of nitrogens with one attached hydrogen (secondary N) is 3. The molecule has 0 fully saturated rings. The summed E-state index contributed by atoms with van der Waals surface area (Å²) in [5.74, 6) is -0.337. The molecular weight excluding hydrogens is 461 g/mol. The van der Waals surface area contributed by atoms with Gasteiger partial charge in [0.05, 0.1) is 24.3 Å². The third kappa shape index (κ3) is 6.84. The molecule has 11 heteroatoms. The van der Waals surface area contributed by atoms with Gasteiger partial charge < -0.3 is 25.8 Å². The minimum absolute atomic E-state index is 0.0750. The molecule has 1 aliphatic heterocycles. The largest absolute Gasteiger partial charge is 0.418 e. The fourth-order valence-corrected chi connectivity index (χ4v) is 4.04. The van der Waals surface area contributed by atoms with Crippen LogP contribution in [0.25, 0.3) is 0 Å². The first-order valence-corrected chi connectivity index (χ1v) is 11.6. The maximum absolute atomic E-state index is 13.4. The first-order valence-electron chi connectivity index (χ1n) is 11.6. The number of benzene rings is 1. The van der Waals surface area contributed by atoms with Gasteiger partial charge in [0.1, 0.15) is 0 Å². The molecule has 190 valence electrons. The number of likely N-dealkylation sites (N-methyl/N-ethyl adjacent to an activating group) is 1. The molecule has 0 atom stereocenters. The van der Waals surface area contributed by atoms with Gasteiger partial charge in [-0.3, -0.25) is 9.78 Å². The number of rotatable bonds is 9. The van der Waals surface area contributed by atoms with Gasteiger partial charge in [-0.2, -0.15) is 13.2 Å². The molecule has 8 nitrogen and oxygen atoms in total. The van der Waals surface area contributed by atoms with Crippen molar-refractivity contribution in [3.05, 3.63) is 58.9 Å². The Balaban J connectivity index is 1.70. The van der Waals surface area contributed by atoms with Crippen molar-refractivity contribution in [2.24, 2.45) is 0 Å². The third-order valence-electron chi connectivity index (χ3n) is 5.83. The lowest BCUT2D eigenvalue weighted by Crippen LogP contribution is -2.43. The Labute approximate surface area is 202 Å². The number of nitrogens with zero attached hydrogens (tertiary/aromatic N) is 3. The third-order valence-corrected chi connectivity index (χ3v) is 5.83. The Bertz CT molecular complexity index is 1030. The highest BCUT2D eigenvalue weighted by molar-refractivity contribution is 5.81. The molecular formula is C24H31F3N6O2. The zero-order valence-electron chi connectivity index (χ0n) is 19.9. The van der Waals surface area contributed by atoms with E-state index < -0.39 is 11.7 Å². The van der Waals surface area contributed by atoms with Crippen LogP contribution >= 0.6 is 0 Å². The van der Waals surface area contributed by atoms with E-state index in [1.165, 1.54) is 17.2 Å². The first kappa shape index (κ1) is 26.3. The molecule has 3 N–H and O–H groups in total. The zero-order chi connectivity index (χ0) is 25.4. The maximum atomic E-state index is 13.4. The van der Waals surface area contributed by atoms with Crippen LogP contribution in [0.1, 0.15) is 29.3 Å². The summed E-state index contributed by atoms with van der Waals surface area (Å²) in [5.41, 5.74) is 1.78. The number of hydrogen-bond donors (Lipinski definition) is 3. The summed E-state index contributed by atoms with van der Waals surface area (Å²) in [6.45, 7) is 3.79. The molecule has 0 saturated heterocycles. The van der Waals surface area contributed by atoms with E-state index in [0.29, 0.717) is 32.6 Å². The second-order valence-electron chi connectivity index (χ2n) is 8.22. The van der Waals surface area contributed by atoms with Crippen LogP contribution in [0.3, 0.4) is 0 Å². The number of alkyl halides is 3. The van der Waals surface area contributed by atoms with Crippen LogP contribution in [-0.2, 0) is 30.5 Å². The molecule has 3 rings (SSSR count). The molecule has 1 aliphatic rings. The molecule has 2 heterocycles. The normalized spacial score (nSPS) is 13.2. The molecule has 0 unspecified atom stereocenters. The van der Waals surface area contributed by atoms with Crippen LogP contribution in [0.2, 0.25) is 0 Å². The quantitative estimate of drug-likeness (QED) is 0.501. The Morgan fingerprint density at radius 3 is 2.71 bits per heavy atom. The minimum atomic E-state index is -4.55. The first-order chi connectivity index (χ1) is 16.7. The van der Waals surface area contributed by atoms with Gasteiger partial charge in [0, 0.05) is 44.6 Å². The molecule has 1 aromatic carbocycles. The van der Waals surface area contributed by atoms with E-state index in [-0.39, 0.29) is 37.3 Å². The van der Waals surface area contributed by atoms with Gasteiger partial charge in [-0.25, -0.2) is 4.79 Å². The summed E-state index contributed by atoms with van der Waals surface area (Å²) < 4.78 is 40.2. The minimum Gasteiger partial charge on any atom is -0.376 e. The highest BCUT2D eigenvalue weighted by atomic mass is 19.4. The number of urea groups is 1. The molecule has 0 bridgehead atoms.